The molecule has 0 radical (unpaired) electrons. The third kappa shape index (κ3) is 4.09. The molecule has 1 saturated heterocycles. The third-order valence-corrected chi connectivity index (χ3v) is 3.86. The second-order valence-electron chi connectivity index (χ2n) is 4.69. The first-order valence-electron chi connectivity index (χ1n) is 6.32. The van der Waals surface area contributed by atoms with Gasteiger partial charge in [0.1, 0.15) is 0 Å². The number of hydrogen-bond acceptors (Lipinski definition) is 2. The van der Waals surface area contributed by atoms with E-state index >= 15 is 0 Å². The lowest BCUT2D eigenvalue weighted by Gasteiger charge is -2.33. The minimum absolute atomic E-state index is 0.577. The highest BCUT2D eigenvalue weighted by atomic mass is 79.9. The fraction of sp³-hybridized carbons (Fsp3) is 0.571. The van der Waals surface area contributed by atoms with Crippen LogP contribution in [0, 0.1) is 0 Å². The molecule has 94 valence electrons. The molecule has 1 aliphatic rings. The average Bonchev–Trinajstić information content (AvgIpc) is 2.34. The summed E-state index contributed by atoms with van der Waals surface area (Å²) in [7, 11) is 0. The van der Waals surface area contributed by atoms with E-state index < -0.39 is 0 Å². The van der Waals surface area contributed by atoms with Crippen LogP contribution in [0.4, 0.5) is 0 Å². The smallest absolute Gasteiger partial charge is 0.0619 e. The predicted octanol–water partition coefficient (Wildman–Crippen LogP) is 3.10. The Bertz CT molecular complexity index is 339. The fourth-order valence-corrected chi connectivity index (χ4v) is 2.50. The molecule has 1 aliphatic heterocycles. The van der Waals surface area contributed by atoms with Crippen LogP contribution in [0.1, 0.15) is 18.9 Å². The van der Waals surface area contributed by atoms with Crippen LogP contribution in [0.3, 0.4) is 0 Å². The Balaban J connectivity index is 1.73. The number of hydrogen-bond donors (Lipinski definition) is 0. The van der Waals surface area contributed by atoms with Gasteiger partial charge in [-0.1, -0.05) is 28.1 Å². The van der Waals surface area contributed by atoms with E-state index in [4.69, 9.17) is 4.74 Å². The van der Waals surface area contributed by atoms with Gasteiger partial charge < -0.3 is 4.74 Å². The van der Waals surface area contributed by atoms with Crippen molar-refractivity contribution in [3.8, 4) is 0 Å². The molecule has 2 rings (SSSR count). The summed E-state index contributed by atoms with van der Waals surface area (Å²) in [6.45, 7) is 6.29. The van der Waals surface area contributed by atoms with Gasteiger partial charge in [0.25, 0.3) is 0 Å². The average molecular weight is 298 g/mol. The van der Waals surface area contributed by atoms with Crippen molar-refractivity contribution in [1.82, 2.24) is 4.90 Å². The fourth-order valence-electron chi connectivity index (χ4n) is 2.23. The van der Waals surface area contributed by atoms with Crippen molar-refractivity contribution in [2.75, 3.05) is 26.3 Å². The maximum absolute atomic E-state index is 5.44. The number of ether oxygens (including phenoxy) is 1. The molecule has 17 heavy (non-hydrogen) atoms. The van der Waals surface area contributed by atoms with Gasteiger partial charge in [0, 0.05) is 17.1 Å². The summed E-state index contributed by atoms with van der Waals surface area (Å²) in [5.74, 6) is 0. The lowest BCUT2D eigenvalue weighted by atomic mass is 10.1. The zero-order chi connectivity index (χ0) is 12.1. The topological polar surface area (TPSA) is 12.5 Å². The SMILES string of the molecule is CC1COCCN1CCCc1ccc(Br)cc1. The van der Waals surface area contributed by atoms with Crippen LogP contribution in [0.2, 0.25) is 0 Å². The number of morpholine rings is 1. The molecule has 1 aromatic carbocycles. The molecule has 0 spiro atoms. The van der Waals surface area contributed by atoms with Gasteiger partial charge in [-0.05, 0) is 44.0 Å². The van der Waals surface area contributed by atoms with E-state index in [-0.39, 0.29) is 0 Å². The molecule has 1 aromatic rings. The summed E-state index contributed by atoms with van der Waals surface area (Å²) in [5.41, 5.74) is 1.43. The molecule has 1 unspecified atom stereocenters. The maximum atomic E-state index is 5.44. The largest absolute Gasteiger partial charge is 0.379 e. The van der Waals surface area contributed by atoms with Gasteiger partial charge in [-0.15, -0.1) is 0 Å². The Hall–Kier alpha value is -0.380. The van der Waals surface area contributed by atoms with Crippen LogP contribution in [-0.2, 0) is 11.2 Å². The molecule has 3 heteroatoms. The zero-order valence-corrected chi connectivity index (χ0v) is 11.9. The van der Waals surface area contributed by atoms with Crippen LogP contribution in [0.15, 0.2) is 28.7 Å². The summed E-state index contributed by atoms with van der Waals surface area (Å²) in [6, 6.07) is 9.22. The maximum Gasteiger partial charge on any atom is 0.0619 e. The normalized spacial score (nSPS) is 21.6. The highest BCUT2D eigenvalue weighted by Gasteiger charge is 2.17. The number of rotatable bonds is 4. The molecule has 0 N–H and O–H groups in total. The van der Waals surface area contributed by atoms with Crippen LogP contribution in [0.25, 0.3) is 0 Å². The molecule has 0 bridgehead atoms. The minimum atomic E-state index is 0.577. The van der Waals surface area contributed by atoms with E-state index in [1.54, 1.807) is 0 Å². The van der Waals surface area contributed by atoms with Crippen molar-refractivity contribution < 1.29 is 4.74 Å². The van der Waals surface area contributed by atoms with Crippen molar-refractivity contribution in [3.63, 3.8) is 0 Å². The van der Waals surface area contributed by atoms with Gasteiger partial charge >= 0.3 is 0 Å². The molecular formula is C14H20BrNO. The summed E-state index contributed by atoms with van der Waals surface area (Å²) in [6.07, 6.45) is 2.39. The van der Waals surface area contributed by atoms with E-state index in [1.807, 2.05) is 0 Å². The molecule has 0 amide bonds. The standard InChI is InChI=1S/C14H20BrNO/c1-12-11-17-10-9-16(12)8-2-3-13-4-6-14(15)7-5-13/h4-7,12H,2-3,8-11H2,1H3. The van der Waals surface area contributed by atoms with E-state index in [9.17, 15) is 0 Å². The van der Waals surface area contributed by atoms with Crippen molar-refractivity contribution in [2.45, 2.75) is 25.8 Å². The van der Waals surface area contributed by atoms with Gasteiger partial charge in [-0.25, -0.2) is 0 Å². The van der Waals surface area contributed by atoms with Crippen LogP contribution < -0.4 is 0 Å². The van der Waals surface area contributed by atoms with E-state index in [2.05, 4.69) is 52.0 Å². The first-order chi connectivity index (χ1) is 8.25. The molecule has 0 aromatic heterocycles. The highest BCUT2D eigenvalue weighted by molar-refractivity contribution is 9.10. The highest BCUT2D eigenvalue weighted by Crippen LogP contribution is 2.13. The van der Waals surface area contributed by atoms with E-state index in [0.29, 0.717) is 6.04 Å². The van der Waals surface area contributed by atoms with Crippen LogP contribution in [-0.4, -0.2) is 37.2 Å². The summed E-state index contributed by atoms with van der Waals surface area (Å²) in [4.78, 5) is 2.53. The second kappa shape index (κ2) is 6.53. The van der Waals surface area contributed by atoms with Crippen molar-refractivity contribution in [3.05, 3.63) is 34.3 Å². The number of aryl methyl sites for hydroxylation is 1. The van der Waals surface area contributed by atoms with Gasteiger partial charge in [0.15, 0.2) is 0 Å². The number of nitrogens with zero attached hydrogens (tertiary/aromatic N) is 1. The number of benzene rings is 1. The first-order valence-corrected chi connectivity index (χ1v) is 7.11. The van der Waals surface area contributed by atoms with Gasteiger partial charge in [0.2, 0.25) is 0 Å². The summed E-state index contributed by atoms with van der Waals surface area (Å²) in [5, 5.41) is 0. The lowest BCUT2D eigenvalue weighted by Crippen LogP contribution is -2.44. The minimum Gasteiger partial charge on any atom is -0.379 e. The van der Waals surface area contributed by atoms with E-state index in [0.717, 1.165) is 30.7 Å². The molecule has 2 nitrogen and oxygen atoms in total. The molecule has 1 atom stereocenters. The zero-order valence-electron chi connectivity index (χ0n) is 10.4. The molecular weight excluding hydrogens is 278 g/mol. The lowest BCUT2D eigenvalue weighted by molar-refractivity contribution is -0.000601. The predicted molar refractivity (Wildman–Crippen MR) is 74.3 cm³/mol. The Morgan fingerprint density at radius 1 is 1.35 bits per heavy atom. The molecule has 0 aliphatic carbocycles. The summed E-state index contributed by atoms with van der Waals surface area (Å²) < 4.78 is 6.60. The van der Waals surface area contributed by atoms with E-state index in [1.165, 1.54) is 18.5 Å². The van der Waals surface area contributed by atoms with Crippen LogP contribution >= 0.6 is 15.9 Å². The molecule has 1 heterocycles. The Labute approximate surface area is 112 Å². The second-order valence-corrected chi connectivity index (χ2v) is 5.61. The Kier molecular flexibility index (Phi) is 5.01. The molecule has 0 saturated carbocycles. The van der Waals surface area contributed by atoms with Crippen molar-refractivity contribution >= 4 is 15.9 Å². The van der Waals surface area contributed by atoms with Crippen LogP contribution in [0.5, 0.6) is 0 Å². The summed E-state index contributed by atoms with van der Waals surface area (Å²) >= 11 is 3.46. The Morgan fingerprint density at radius 3 is 2.82 bits per heavy atom. The van der Waals surface area contributed by atoms with Gasteiger partial charge in [0.05, 0.1) is 13.2 Å². The first kappa shape index (κ1) is 13.1. The van der Waals surface area contributed by atoms with Gasteiger partial charge in [-0.2, -0.15) is 0 Å². The van der Waals surface area contributed by atoms with Gasteiger partial charge in [-0.3, -0.25) is 4.90 Å². The molecule has 1 fully saturated rings. The Morgan fingerprint density at radius 2 is 2.12 bits per heavy atom. The quantitative estimate of drug-likeness (QED) is 0.847. The monoisotopic (exact) mass is 297 g/mol. The van der Waals surface area contributed by atoms with Crippen molar-refractivity contribution in [1.29, 1.82) is 0 Å². The number of halogens is 1. The van der Waals surface area contributed by atoms with Crippen molar-refractivity contribution in [2.24, 2.45) is 0 Å². The third-order valence-electron chi connectivity index (χ3n) is 3.33.